The van der Waals surface area contributed by atoms with Gasteiger partial charge in [-0.25, -0.2) is 0 Å². The molecule has 0 saturated heterocycles. The topological polar surface area (TPSA) is 50.4 Å². The number of methoxy groups -OCH3 is 1. The van der Waals surface area contributed by atoms with Crippen molar-refractivity contribution in [2.24, 2.45) is 0 Å². The standard InChI is InChI=1S/C26H44N2O2S/c1-3-4-5-6-7-8-9-10-11-12-13-14-15-16-21-27-26(31)28-25(29)22-23-17-19-24(30-2)20-18-23/h17-20H,3-16,21-22H2,1-2H3,(H2,27,28,29,31). The highest BCUT2D eigenvalue weighted by Crippen LogP contribution is 2.13. The minimum atomic E-state index is -0.0939. The van der Waals surface area contributed by atoms with Crippen LogP contribution in [0, 0.1) is 0 Å². The van der Waals surface area contributed by atoms with Crippen molar-refractivity contribution in [1.29, 1.82) is 0 Å². The number of benzene rings is 1. The van der Waals surface area contributed by atoms with Gasteiger partial charge in [0.1, 0.15) is 5.75 Å². The predicted octanol–water partition coefficient (Wildman–Crippen LogP) is 6.71. The summed E-state index contributed by atoms with van der Waals surface area (Å²) in [5, 5.41) is 6.32. The zero-order valence-electron chi connectivity index (χ0n) is 19.8. The van der Waals surface area contributed by atoms with Gasteiger partial charge in [0.05, 0.1) is 13.5 Å². The van der Waals surface area contributed by atoms with Gasteiger partial charge in [-0.2, -0.15) is 0 Å². The van der Waals surface area contributed by atoms with Crippen LogP contribution in [0.1, 0.15) is 102 Å². The molecule has 0 fully saturated rings. The van der Waals surface area contributed by atoms with Crippen molar-refractivity contribution >= 4 is 23.2 Å². The van der Waals surface area contributed by atoms with E-state index in [0.29, 0.717) is 11.5 Å². The molecule has 2 N–H and O–H groups in total. The second kappa shape index (κ2) is 19.1. The number of amides is 1. The molecule has 0 bridgehead atoms. The van der Waals surface area contributed by atoms with E-state index in [0.717, 1.165) is 24.3 Å². The molecule has 1 aromatic carbocycles. The van der Waals surface area contributed by atoms with Gasteiger partial charge in [-0.15, -0.1) is 0 Å². The molecule has 0 aliphatic carbocycles. The number of rotatable bonds is 18. The summed E-state index contributed by atoms with van der Waals surface area (Å²) in [5.41, 5.74) is 0.938. The fourth-order valence-electron chi connectivity index (χ4n) is 3.67. The third-order valence-electron chi connectivity index (χ3n) is 5.59. The van der Waals surface area contributed by atoms with Crippen LogP contribution in [0.2, 0.25) is 0 Å². The summed E-state index contributed by atoms with van der Waals surface area (Å²) in [5.74, 6) is 0.693. The van der Waals surface area contributed by atoms with Gasteiger partial charge in [0, 0.05) is 6.54 Å². The number of thiocarbonyl (C=S) groups is 1. The highest BCUT2D eigenvalue weighted by Gasteiger charge is 2.06. The van der Waals surface area contributed by atoms with E-state index in [9.17, 15) is 4.79 Å². The molecule has 0 atom stereocenters. The molecule has 1 amide bonds. The van der Waals surface area contributed by atoms with Crippen LogP contribution in [-0.4, -0.2) is 24.7 Å². The number of nitrogens with one attached hydrogen (secondary N) is 2. The largest absolute Gasteiger partial charge is 0.497 e. The molecule has 0 radical (unpaired) electrons. The van der Waals surface area contributed by atoms with E-state index in [-0.39, 0.29) is 5.91 Å². The van der Waals surface area contributed by atoms with Crippen LogP contribution in [0.25, 0.3) is 0 Å². The minimum Gasteiger partial charge on any atom is -0.497 e. The molecule has 0 saturated carbocycles. The molecule has 0 spiro atoms. The van der Waals surface area contributed by atoms with Crippen molar-refractivity contribution in [3.8, 4) is 5.75 Å². The molecule has 0 aliphatic rings. The van der Waals surface area contributed by atoms with Crippen molar-refractivity contribution in [1.82, 2.24) is 10.6 Å². The van der Waals surface area contributed by atoms with E-state index < -0.39 is 0 Å². The Hall–Kier alpha value is -1.62. The van der Waals surface area contributed by atoms with Crippen molar-refractivity contribution in [3.63, 3.8) is 0 Å². The van der Waals surface area contributed by atoms with Gasteiger partial charge in [-0.1, -0.05) is 103 Å². The summed E-state index contributed by atoms with van der Waals surface area (Å²) in [7, 11) is 1.63. The highest BCUT2D eigenvalue weighted by atomic mass is 32.1. The zero-order valence-corrected chi connectivity index (χ0v) is 20.7. The minimum absolute atomic E-state index is 0.0939. The normalized spacial score (nSPS) is 10.6. The Morgan fingerprint density at radius 1 is 0.806 bits per heavy atom. The van der Waals surface area contributed by atoms with Crippen LogP contribution in [0.3, 0.4) is 0 Å². The lowest BCUT2D eigenvalue weighted by Gasteiger charge is -2.10. The third kappa shape index (κ3) is 15.8. The quantitative estimate of drug-likeness (QED) is 0.193. The molecule has 0 heterocycles. The Morgan fingerprint density at radius 3 is 1.77 bits per heavy atom. The first-order chi connectivity index (χ1) is 15.2. The lowest BCUT2D eigenvalue weighted by Crippen LogP contribution is -2.40. The Kier molecular flexibility index (Phi) is 16.9. The van der Waals surface area contributed by atoms with Crippen molar-refractivity contribution in [2.75, 3.05) is 13.7 Å². The number of carbonyl (C=O) groups is 1. The second-order valence-electron chi connectivity index (χ2n) is 8.43. The Bertz CT molecular complexity index is 590. The Balaban J connectivity index is 1.89. The Labute approximate surface area is 195 Å². The molecular formula is C26H44N2O2S. The number of carbonyl (C=O) groups excluding carboxylic acids is 1. The lowest BCUT2D eigenvalue weighted by molar-refractivity contribution is -0.119. The number of hydrogen-bond acceptors (Lipinski definition) is 3. The van der Waals surface area contributed by atoms with E-state index in [2.05, 4.69) is 17.6 Å². The van der Waals surface area contributed by atoms with Gasteiger partial charge in [0.2, 0.25) is 5.91 Å². The van der Waals surface area contributed by atoms with E-state index >= 15 is 0 Å². The summed E-state index contributed by atoms with van der Waals surface area (Å²) < 4.78 is 5.13. The van der Waals surface area contributed by atoms with Gasteiger partial charge in [0.15, 0.2) is 5.11 Å². The van der Waals surface area contributed by atoms with Crippen LogP contribution in [0.5, 0.6) is 5.75 Å². The first kappa shape index (κ1) is 27.4. The summed E-state index contributed by atoms with van der Waals surface area (Å²) in [4.78, 5) is 12.1. The molecule has 1 rings (SSSR count). The maximum Gasteiger partial charge on any atom is 0.230 e. The number of ether oxygens (including phenoxy) is 1. The zero-order chi connectivity index (χ0) is 22.6. The van der Waals surface area contributed by atoms with E-state index in [1.54, 1.807) is 7.11 Å². The number of unbranched alkanes of at least 4 members (excludes halogenated alkanes) is 13. The maximum absolute atomic E-state index is 12.1. The molecular weight excluding hydrogens is 404 g/mol. The summed E-state index contributed by atoms with van der Waals surface area (Å²) in [6.07, 6.45) is 19.2. The summed E-state index contributed by atoms with van der Waals surface area (Å²) >= 11 is 5.22. The first-order valence-electron chi connectivity index (χ1n) is 12.4. The predicted molar refractivity (Wildman–Crippen MR) is 136 cm³/mol. The molecule has 31 heavy (non-hydrogen) atoms. The van der Waals surface area contributed by atoms with Crippen molar-refractivity contribution in [3.05, 3.63) is 29.8 Å². The van der Waals surface area contributed by atoms with Crippen LogP contribution in [0.15, 0.2) is 24.3 Å². The fourth-order valence-corrected chi connectivity index (χ4v) is 3.88. The Morgan fingerprint density at radius 2 is 1.29 bits per heavy atom. The van der Waals surface area contributed by atoms with E-state index in [1.807, 2.05) is 24.3 Å². The molecule has 0 unspecified atom stereocenters. The van der Waals surface area contributed by atoms with Gasteiger partial charge in [-0.05, 0) is 36.3 Å². The molecule has 0 aromatic heterocycles. The van der Waals surface area contributed by atoms with Gasteiger partial charge in [-0.3, -0.25) is 4.79 Å². The molecule has 4 nitrogen and oxygen atoms in total. The van der Waals surface area contributed by atoms with E-state index in [4.69, 9.17) is 17.0 Å². The lowest BCUT2D eigenvalue weighted by atomic mass is 10.0. The second-order valence-corrected chi connectivity index (χ2v) is 8.83. The number of hydrogen-bond donors (Lipinski definition) is 2. The molecule has 1 aromatic rings. The van der Waals surface area contributed by atoms with Gasteiger partial charge >= 0.3 is 0 Å². The third-order valence-corrected chi connectivity index (χ3v) is 5.84. The van der Waals surface area contributed by atoms with Crippen LogP contribution < -0.4 is 15.4 Å². The van der Waals surface area contributed by atoms with Gasteiger partial charge in [0.25, 0.3) is 0 Å². The summed E-state index contributed by atoms with van der Waals surface area (Å²) in [6, 6.07) is 7.50. The molecule has 5 heteroatoms. The maximum atomic E-state index is 12.1. The van der Waals surface area contributed by atoms with Crippen molar-refractivity contribution < 1.29 is 9.53 Å². The monoisotopic (exact) mass is 448 g/mol. The fraction of sp³-hybridized carbons (Fsp3) is 0.692. The van der Waals surface area contributed by atoms with Crippen LogP contribution in [-0.2, 0) is 11.2 Å². The smallest absolute Gasteiger partial charge is 0.230 e. The molecule has 0 aliphatic heterocycles. The van der Waals surface area contributed by atoms with Crippen molar-refractivity contribution in [2.45, 2.75) is 103 Å². The van der Waals surface area contributed by atoms with Crippen LogP contribution in [0.4, 0.5) is 0 Å². The van der Waals surface area contributed by atoms with Crippen LogP contribution >= 0.6 is 12.2 Å². The van der Waals surface area contributed by atoms with E-state index in [1.165, 1.54) is 83.5 Å². The molecule has 176 valence electrons. The SMILES string of the molecule is CCCCCCCCCCCCCCCCNC(=S)NC(=O)Cc1ccc(OC)cc1. The first-order valence-corrected chi connectivity index (χ1v) is 12.8. The van der Waals surface area contributed by atoms with Gasteiger partial charge < -0.3 is 15.4 Å². The average Bonchev–Trinajstić information content (AvgIpc) is 2.77. The summed E-state index contributed by atoms with van der Waals surface area (Å²) in [6.45, 7) is 3.09. The average molecular weight is 449 g/mol. The highest BCUT2D eigenvalue weighted by molar-refractivity contribution is 7.80.